The fourth-order valence-electron chi connectivity index (χ4n) is 2.92. The van der Waals surface area contributed by atoms with E-state index in [9.17, 15) is 4.79 Å². The number of piperazine rings is 1. The van der Waals surface area contributed by atoms with Gasteiger partial charge in [-0.15, -0.1) is 11.3 Å². The zero-order chi connectivity index (χ0) is 17.4. The molecule has 1 aromatic rings. The van der Waals surface area contributed by atoms with Crippen LogP contribution in [0.3, 0.4) is 0 Å². The van der Waals surface area contributed by atoms with Crippen LogP contribution in [0.4, 0.5) is 4.79 Å². The Bertz CT molecular complexity index is 499. The first-order chi connectivity index (χ1) is 11.6. The summed E-state index contributed by atoms with van der Waals surface area (Å²) in [5.74, 6) is 0. The van der Waals surface area contributed by atoms with Crippen molar-refractivity contribution in [2.24, 2.45) is 0 Å². The number of carbonyl (C=O) groups excluding carboxylic acids is 1. The lowest BCUT2D eigenvalue weighted by Crippen LogP contribution is -2.46. The first kappa shape index (κ1) is 19.1. The first-order valence-electron chi connectivity index (χ1n) is 8.93. The number of rotatable bonds is 8. The molecule has 1 saturated heterocycles. The maximum Gasteiger partial charge on any atom is 0.317 e. The highest BCUT2D eigenvalue weighted by atomic mass is 32.1. The Kier molecular flexibility index (Phi) is 7.94. The number of nitrogens with zero attached hydrogens (tertiary/aromatic N) is 4. The van der Waals surface area contributed by atoms with E-state index in [0.717, 1.165) is 43.2 Å². The van der Waals surface area contributed by atoms with Crippen molar-refractivity contribution in [3.63, 3.8) is 0 Å². The number of urea groups is 1. The van der Waals surface area contributed by atoms with Crippen LogP contribution < -0.4 is 5.32 Å². The smallest absolute Gasteiger partial charge is 0.317 e. The summed E-state index contributed by atoms with van der Waals surface area (Å²) in [4.78, 5) is 23.2. The average Bonchev–Trinajstić information content (AvgIpc) is 2.99. The topological polar surface area (TPSA) is 51.7 Å². The molecule has 0 radical (unpaired) electrons. The van der Waals surface area contributed by atoms with Crippen LogP contribution in [0.1, 0.15) is 30.5 Å². The van der Waals surface area contributed by atoms with Crippen molar-refractivity contribution in [3.8, 4) is 0 Å². The summed E-state index contributed by atoms with van der Waals surface area (Å²) in [7, 11) is 1.82. The largest absolute Gasteiger partial charge is 0.338 e. The highest BCUT2D eigenvalue weighted by molar-refractivity contribution is 7.09. The molecule has 2 rings (SSSR count). The Morgan fingerprint density at radius 1 is 1.29 bits per heavy atom. The van der Waals surface area contributed by atoms with Crippen LogP contribution in [0.25, 0.3) is 0 Å². The Morgan fingerprint density at radius 2 is 2.00 bits per heavy atom. The molecular weight excluding hydrogens is 322 g/mol. The number of amides is 2. The second kappa shape index (κ2) is 9.96. The normalized spacial score (nSPS) is 16.3. The molecule has 0 aliphatic carbocycles. The van der Waals surface area contributed by atoms with E-state index in [-0.39, 0.29) is 6.03 Å². The van der Waals surface area contributed by atoms with Crippen molar-refractivity contribution in [1.82, 2.24) is 25.0 Å². The predicted octanol–water partition coefficient (Wildman–Crippen LogP) is 2.01. The van der Waals surface area contributed by atoms with Crippen molar-refractivity contribution in [1.29, 1.82) is 0 Å². The van der Waals surface area contributed by atoms with E-state index >= 15 is 0 Å². The molecule has 1 N–H and O–H groups in total. The zero-order valence-electron chi connectivity index (χ0n) is 15.3. The third-order valence-corrected chi connectivity index (χ3v) is 5.32. The summed E-state index contributed by atoms with van der Waals surface area (Å²) in [6.45, 7) is 12.6. The molecule has 136 valence electrons. The Balaban J connectivity index is 1.53. The maximum absolute atomic E-state index is 12.1. The SMILES string of the molecule is CCN1CCN(CCCCNC(=O)N(C)Cc2csc(C)n2)CC1. The van der Waals surface area contributed by atoms with E-state index in [2.05, 4.69) is 27.0 Å². The summed E-state index contributed by atoms with van der Waals surface area (Å²) in [6, 6.07) is -0.0165. The van der Waals surface area contributed by atoms with Gasteiger partial charge >= 0.3 is 6.03 Å². The Labute approximate surface area is 149 Å². The van der Waals surface area contributed by atoms with E-state index in [4.69, 9.17) is 0 Å². The minimum atomic E-state index is -0.0165. The van der Waals surface area contributed by atoms with Crippen LogP contribution in [-0.4, -0.2) is 78.6 Å². The molecule has 1 aliphatic heterocycles. The summed E-state index contributed by atoms with van der Waals surface area (Å²) in [5, 5.41) is 6.05. The van der Waals surface area contributed by atoms with Crippen molar-refractivity contribution in [2.75, 3.05) is 52.9 Å². The van der Waals surface area contributed by atoms with Gasteiger partial charge in [0.2, 0.25) is 0 Å². The predicted molar refractivity (Wildman–Crippen MR) is 99.5 cm³/mol. The van der Waals surface area contributed by atoms with Gasteiger partial charge in [0, 0.05) is 45.2 Å². The van der Waals surface area contributed by atoms with Crippen molar-refractivity contribution < 1.29 is 4.79 Å². The van der Waals surface area contributed by atoms with Gasteiger partial charge in [-0.3, -0.25) is 0 Å². The van der Waals surface area contributed by atoms with Gasteiger partial charge in [0.05, 0.1) is 17.2 Å². The standard InChI is InChI=1S/C17H31N5OS/c1-4-21-9-11-22(12-10-21)8-6-5-7-18-17(23)20(3)13-16-14-24-15(2)19-16/h14H,4-13H2,1-3H3,(H,18,23). The molecule has 0 unspecified atom stereocenters. The molecule has 6 nitrogen and oxygen atoms in total. The zero-order valence-corrected chi connectivity index (χ0v) is 16.1. The van der Waals surface area contributed by atoms with E-state index < -0.39 is 0 Å². The van der Waals surface area contributed by atoms with Gasteiger partial charge in [0.25, 0.3) is 0 Å². The second-order valence-corrected chi connectivity index (χ2v) is 7.49. The van der Waals surface area contributed by atoms with Crippen LogP contribution in [0.5, 0.6) is 0 Å². The van der Waals surface area contributed by atoms with Crippen LogP contribution in [0.15, 0.2) is 5.38 Å². The molecule has 0 saturated carbocycles. The van der Waals surface area contributed by atoms with Gasteiger partial charge in [-0.25, -0.2) is 9.78 Å². The van der Waals surface area contributed by atoms with Crippen LogP contribution in [0, 0.1) is 6.92 Å². The Hall–Kier alpha value is -1.18. The number of aryl methyl sites for hydroxylation is 1. The highest BCUT2D eigenvalue weighted by Gasteiger charge is 2.14. The third kappa shape index (κ3) is 6.37. The van der Waals surface area contributed by atoms with Crippen molar-refractivity contribution in [3.05, 3.63) is 16.1 Å². The number of unbranched alkanes of at least 4 members (excludes halogenated alkanes) is 1. The number of hydrogen-bond donors (Lipinski definition) is 1. The van der Waals surface area contributed by atoms with Gasteiger partial charge in [-0.05, 0) is 32.9 Å². The van der Waals surface area contributed by atoms with Gasteiger partial charge in [0.15, 0.2) is 0 Å². The minimum absolute atomic E-state index is 0.0165. The lowest BCUT2D eigenvalue weighted by Gasteiger charge is -2.34. The molecule has 0 aromatic carbocycles. The monoisotopic (exact) mass is 353 g/mol. The average molecular weight is 354 g/mol. The minimum Gasteiger partial charge on any atom is -0.338 e. The maximum atomic E-state index is 12.1. The fraction of sp³-hybridized carbons (Fsp3) is 0.765. The number of thiazole rings is 1. The summed E-state index contributed by atoms with van der Waals surface area (Å²) < 4.78 is 0. The first-order valence-corrected chi connectivity index (χ1v) is 9.81. The number of nitrogens with one attached hydrogen (secondary N) is 1. The number of hydrogen-bond acceptors (Lipinski definition) is 5. The third-order valence-electron chi connectivity index (χ3n) is 4.50. The lowest BCUT2D eigenvalue weighted by molar-refractivity contribution is 0.135. The summed E-state index contributed by atoms with van der Waals surface area (Å²) in [6.07, 6.45) is 2.17. The number of carbonyl (C=O) groups is 1. The Morgan fingerprint density at radius 3 is 2.62 bits per heavy atom. The molecule has 0 bridgehead atoms. The van der Waals surface area contributed by atoms with E-state index in [1.54, 1.807) is 16.2 Å². The van der Waals surface area contributed by atoms with Gasteiger partial charge < -0.3 is 20.0 Å². The second-order valence-electron chi connectivity index (χ2n) is 6.43. The molecule has 1 aromatic heterocycles. The molecule has 1 aliphatic rings. The molecule has 2 amide bonds. The number of aromatic nitrogens is 1. The summed E-state index contributed by atoms with van der Waals surface area (Å²) >= 11 is 1.62. The van der Waals surface area contributed by atoms with Gasteiger partial charge in [-0.2, -0.15) is 0 Å². The van der Waals surface area contributed by atoms with Crippen molar-refractivity contribution >= 4 is 17.4 Å². The molecular formula is C17H31N5OS. The molecule has 24 heavy (non-hydrogen) atoms. The summed E-state index contributed by atoms with van der Waals surface area (Å²) in [5.41, 5.74) is 0.960. The van der Waals surface area contributed by atoms with Crippen molar-refractivity contribution in [2.45, 2.75) is 33.2 Å². The lowest BCUT2D eigenvalue weighted by atomic mass is 10.2. The van der Waals surface area contributed by atoms with E-state index in [1.807, 2.05) is 19.4 Å². The van der Waals surface area contributed by atoms with Gasteiger partial charge in [-0.1, -0.05) is 6.92 Å². The molecule has 0 atom stereocenters. The van der Waals surface area contributed by atoms with Crippen LogP contribution in [-0.2, 0) is 6.54 Å². The van der Waals surface area contributed by atoms with Crippen LogP contribution in [0.2, 0.25) is 0 Å². The van der Waals surface area contributed by atoms with Gasteiger partial charge in [0.1, 0.15) is 0 Å². The molecule has 1 fully saturated rings. The van der Waals surface area contributed by atoms with E-state index in [0.29, 0.717) is 6.54 Å². The molecule has 7 heteroatoms. The molecule has 2 heterocycles. The number of likely N-dealkylation sites (N-methyl/N-ethyl adjacent to an activating group) is 1. The molecule has 0 spiro atoms. The van der Waals surface area contributed by atoms with E-state index in [1.165, 1.54) is 26.2 Å². The fourth-order valence-corrected chi connectivity index (χ4v) is 3.52. The quantitative estimate of drug-likeness (QED) is 0.727. The van der Waals surface area contributed by atoms with Crippen LogP contribution >= 0.6 is 11.3 Å². The highest BCUT2D eigenvalue weighted by Crippen LogP contribution is 2.09.